The highest BCUT2D eigenvalue weighted by Gasteiger charge is 2.33. The van der Waals surface area contributed by atoms with Crippen LogP contribution >= 0.6 is 0 Å². The molecule has 0 unspecified atom stereocenters. The van der Waals surface area contributed by atoms with Gasteiger partial charge in [-0.15, -0.1) is 0 Å². The van der Waals surface area contributed by atoms with Gasteiger partial charge < -0.3 is 9.47 Å². The molecule has 3 aromatic rings. The summed E-state index contributed by atoms with van der Waals surface area (Å²) >= 11 is 0. The fourth-order valence-corrected chi connectivity index (χ4v) is 3.01. The quantitative estimate of drug-likeness (QED) is 0.645. The number of carbonyl (C=O) groups is 1. The maximum atomic E-state index is 13.7. The fourth-order valence-electron chi connectivity index (χ4n) is 3.01. The summed E-state index contributed by atoms with van der Waals surface area (Å²) in [5.41, 5.74) is 1.85. The largest absolute Gasteiger partial charge is 0.460 e. The molecular weight excluding hydrogens is 319 g/mol. The Balaban J connectivity index is 1.65. The highest BCUT2D eigenvalue weighted by Crippen LogP contribution is 2.44. The van der Waals surface area contributed by atoms with E-state index in [0.717, 1.165) is 11.1 Å². The first-order valence-corrected chi connectivity index (χ1v) is 8.00. The Bertz CT molecular complexity index is 890. The van der Waals surface area contributed by atoms with E-state index in [0.29, 0.717) is 17.1 Å². The van der Waals surface area contributed by atoms with E-state index >= 15 is 0 Å². The molecule has 1 aliphatic heterocycles. The van der Waals surface area contributed by atoms with Gasteiger partial charge in [-0.25, -0.2) is 4.39 Å². The van der Waals surface area contributed by atoms with Gasteiger partial charge in [0, 0.05) is 16.7 Å². The summed E-state index contributed by atoms with van der Waals surface area (Å²) in [6.07, 6.45) is 0. The monoisotopic (exact) mass is 334 g/mol. The predicted molar refractivity (Wildman–Crippen MR) is 91.0 cm³/mol. The van der Waals surface area contributed by atoms with Gasteiger partial charge in [0.1, 0.15) is 29.8 Å². The third-order valence-electron chi connectivity index (χ3n) is 4.24. The van der Waals surface area contributed by atoms with E-state index in [1.807, 2.05) is 48.5 Å². The van der Waals surface area contributed by atoms with Crippen LogP contribution in [0.2, 0.25) is 0 Å². The summed E-state index contributed by atoms with van der Waals surface area (Å²) in [7, 11) is 0. The molecule has 0 bridgehead atoms. The summed E-state index contributed by atoms with van der Waals surface area (Å²) in [4.78, 5) is 12.8. The minimum absolute atomic E-state index is 0.104. The van der Waals surface area contributed by atoms with E-state index in [-0.39, 0.29) is 12.4 Å². The van der Waals surface area contributed by atoms with Crippen LogP contribution in [0.25, 0.3) is 0 Å². The van der Waals surface area contributed by atoms with Crippen molar-refractivity contribution in [3.8, 4) is 11.5 Å². The molecule has 3 aromatic carbocycles. The molecule has 0 aromatic heterocycles. The van der Waals surface area contributed by atoms with Crippen LogP contribution in [-0.2, 0) is 16.1 Å². The zero-order valence-electron chi connectivity index (χ0n) is 13.3. The van der Waals surface area contributed by atoms with Crippen molar-refractivity contribution in [2.45, 2.75) is 12.5 Å². The van der Waals surface area contributed by atoms with Gasteiger partial charge in [-0.1, -0.05) is 54.6 Å². The van der Waals surface area contributed by atoms with Gasteiger partial charge in [-0.3, -0.25) is 4.79 Å². The number of ether oxygens (including phenoxy) is 2. The second-order valence-corrected chi connectivity index (χ2v) is 5.81. The van der Waals surface area contributed by atoms with Crippen LogP contribution in [-0.4, -0.2) is 5.97 Å². The molecule has 1 heterocycles. The number of rotatable bonds is 3. The number of para-hydroxylation sites is 2. The normalized spacial score (nSPS) is 12.7. The number of hydrogen-bond acceptors (Lipinski definition) is 3. The summed E-state index contributed by atoms with van der Waals surface area (Å²) in [5.74, 6) is -0.134. The summed E-state index contributed by atoms with van der Waals surface area (Å²) in [6, 6.07) is 21.0. The molecule has 3 nitrogen and oxygen atoms in total. The first kappa shape index (κ1) is 15.4. The lowest BCUT2D eigenvalue weighted by Gasteiger charge is -2.26. The number of benzene rings is 3. The van der Waals surface area contributed by atoms with Crippen molar-refractivity contribution < 1.29 is 18.7 Å². The third-order valence-corrected chi connectivity index (χ3v) is 4.24. The second kappa shape index (κ2) is 6.40. The average molecular weight is 334 g/mol. The van der Waals surface area contributed by atoms with Gasteiger partial charge in [0.05, 0.1) is 0 Å². The lowest BCUT2D eigenvalue weighted by Crippen LogP contribution is -2.21. The Labute approximate surface area is 144 Å². The first-order valence-electron chi connectivity index (χ1n) is 8.00. The maximum Gasteiger partial charge on any atom is 0.318 e. The van der Waals surface area contributed by atoms with E-state index in [1.165, 1.54) is 6.07 Å². The number of carbonyl (C=O) groups excluding carboxylic acids is 1. The Morgan fingerprint density at radius 1 is 0.880 bits per heavy atom. The van der Waals surface area contributed by atoms with Crippen molar-refractivity contribution in [1.29, 1.82) is 0 Å². The Hall–Kier alpha value is -3.14. The first-order chi connectivity index (χ1) is 12.2. The fraction of sp³-hybridized carbons (Fsp3) is 0.0952. The van der Waals surface area contributed by atoms with E-state index in [2.05, 4.69) is 0 Å². The average Bonchev–Trinajstić information content (AvgIpc) is 2.65. The standard InChI is InChI=1S/C21H15FO3/c22-17-10-4-1-7-14(17)13-24-21(23)20-15-8-2-5-11-18(15)25-19-12-6-3-9-16(19)20/h1-12,20H,13H2. The molecular formula is C21H15FO3. The number of hydrogen-bond donors (Lipinski definition) is 0. The number of halogens is 1. The topological polar surface area (TPSA) is 35.5 Å². The molecule has 0 saturated heterocycles. The van der Waals surface area contributed by atoms with E-state index in [4.69, 9.17) is 9.47 Å². The lowest BCUT2D eigenvalue weighted by atomic mass is 9.88. The summed E-state index contributed by atoms with van der Waals surface area (Å²) in [6.45, 7) is -0.104. The zero-order valence-corrected chi connectivity index (χ0v) is 13.3. The molecule has 0 fully saturated rings. The van der Waals surface area contributed by atoms with Gasteiger partial charge in [0.15, 0.2) is 0 Å². The van der Waals surface area contributed by atoms with Crippen molar-refractivity contribution in [2.24, 2.45) is 0 Å². The van der Waals surface area contributed by atoms with Gasteiger partial charge >= 0.3 is 5.97 Å². The van der Waals surface area contributed by atoms with Crippen LogP contribution in [0.5, 0.6) is 11.5 Å². The van der Waals surface area contributed by atoms with Crippen LogP contribution in [0, 0.1) is 5.82 Å². The van der Waals surface area contributed by atoms with Crippen LogP contribution in [0.15, 0.2) is 72.8 Å². The molecule has 0 saturated carbocycles. The van der Waals surface area contributed by atoms with Crippen LogP contribution < -0.4 is 4.74 Å². The molecule has 25 heavy (non-hydrogen) atoms. The SMILES string of the molecule is O=C(OCc1ccccc1F)C1c2ccccc2Oc2ccccc21. The Morgan fingerprint density at radius 2 is 1.44 bits per heavy atom. The highest BCUT2D eigenvalue weighted by atomic mass is 19.1. The predicted octanol–water partition coefficient (Wildman–Crippen LogP) is 4.81. The number of fused-ring (bicyclic) bond motifs is 2. The maximum absolute atomic E-state index is 13.7. The molecule has 124 valence electrons. The van der Waals surface area contributed by atoms with Crippen molar-refractivity contribution in [2.75, 3.05) is 0 Å². The highest BCUT2D eigenvalue weighted by molar-refractivity contribution is 5.85. The molecule has 0 spiro atoms. The molecule has 0 aliphatic carbocycles. The van der Waals surface area contributed by atoms with Gasteiger partial charge in [-0.05, 0) is 18.2 Å². The van der Waals surface area contributed by atoms with Crippen LogP contribution in [0.4, 0.5) is 4.39 Å². The zero-order chi connectivity index (χ0) is 17.2. The molecule has 0 amide bonds. The van der Waals surface area contributed by atoms with Crippen molar-refractivity contribution in [1.82, 2.24) is 0 Å². The summed E-state index contributed by atoms with van der Waals surface area (Å²) < 4.78 is 25.0. The molecule has 0 radical (unpaired) electrons. The molecule has 1 aliphatic rings. The second-order valence-electron chi connectivity index (χ2n) is 5.81. The van der Waals surface area contributed by atoms with Gasteiger partial charge in [0.2, 0.25) is 0 Å². The minimum Gasteiger partial charge on any atom is -0.460 e. The van der Waals surface area contributed by atoms with Gasteiger partial charge in [0.25, 0.3) is 0 Å². The molecule has 0 N–H and O–H groups in total. The van der Waals surface area contributed by atoms with Crippen molar-refractivity contribution in [3.63, 3.8) is 0 Å². The lowest BCUT2D eigenvalue weighted by molar-refractivity contribution is -0.146. The van der Waals surface area contributed by atoms with E-state index < -0.39 is 11.9 Å². The van der Waals surface area contributed by atoms with Crippen LogP contribution in [0.1, 0.15) is 22.6 Å². The molecule has 4 rings (SSSR count). The van der Waals surface area contributed by atoms with Crippen molar-refractivity contribution >= 4 is 5.97 Å². The summed E-state index contributed by atoms with van der Waals surface area (Å²) in [5, 5.41) is 0. The molecule has 4 heteroatoms. The number of esters is 1. The smallest absolute Gasteiger partial charge is 0.318 e. The van der Waals surface area contributed by atoms with E-state index in [1.54, 1.807) is 18.2 Å². The van der Waals surface area contributed by atoms with Crippen LogP contribution in [0.3, 0.4) is 0 Å². The van der Waals surface area contributed by atoms with Gasteiger partial charge in [-0.2, -0.15) is 0 Å². The third kappa shape index (κ3) is 2.87. The Kier molecular flexibility index (Phi) is 3.94. The molecule has 0 atom stereocenters. The van der Waals surface area contributed by atoms with E-state index in [9.17, 15) is 9.18 Å². The van der Waals surface area contributed by atoms with Crippen molar-refractivity contribution in [3.05, 3.63) is 95.3 Å². The Morgan fingerprint density at radius 3 is 2.08 bits per heavy atom. The minimum atomic E-state index is -0.590.